The number of nitrogens with two attached hydrogens (primary N) is 1. The standard InChI is InChI=1S/C10H12FN5/c1-2-4-16-5-3-13-9(16)8-7(11)6-14-10(12)15-8/h3,5-6H,2,4H2,1H3,(H2,12,14,15). The Bertz CT molecular complexity index is 494. The summed E-state index contributed by atoms with van der Waals surface area (Å²) in [6, 6.07) is 0. The summed E-state index contributed by atoms with van der Waals surface area (Å²) in [5.74, 6) is 0.00801. The van der Waals surface area contributed by atoms with Gasteiger partial charge in [-0.1, -0.05) is 6.92 Å². The Labute approximate surface area is 92.2 Å². The molecule has 2 rings (SSSR count). The van der Waals surface area contributed by atoms with Crippen molar-refractivity contribution in [3.63, 3.8) is 0 Å². The molecule has 2 heterocycles. The average Bonchev–Trinajstić information content (AvgIpc) is 2.70. The van der Waals surface area contributed by atoms with Gasteiger partial charge in [-0.15, -0.1) is 0 Å². The lowest BCUT2D eigenvalue weighted by Crippen LogP contribution is -2.04. The van der Waals surface area contributed by atoms with E-state index >= 15 is 0 Å². The normalized spacial score (nSPS) is 10.6. The molecule has 0 fully saturated rings. The summed E-state index contributed by atoms with van der Waals surface area (Å²) in [7, 11) is 0. The summed E-state index contributed by atoms with van der Waals surface area (Å²) in [5, 5.41) is 0. The first kappa shape index (κ1) is 10.5. The number of aromatic nitrogens is 4. The van der Waals surface area contributed by atoms with Gasteiger partial charge in [-0.3, -0.25) is 0 Å². The maximum Gasteiger partial charge on any atom is 0.220 e. The summed E-state index contributed by atoms with van der Waals surface area (Å²) in [6.07, 6.45) is 5.40. The molecule has 0 aliphatic carbocycles. The van der Waals surface area contributed by atoms with Crippen molar-refractivity contribution in [2.24, 2.45) is 0 Å². The Morgan fingerprint density at radius 2 is 2.25 bits per heavy atom. The first-order valence-corrected chi connectivity index (χ1v) is 5.02. The van der Waals surface area contributed by atoms with E-state index in [1.54, 1.807) is 12.4 Å². The van der Waals surface area contributed by atoms with Crippen molar-refractivity contribution in [3.8, 4) is 11.5 Å². The van der Waals surface area contributed by atoms with Crippen LogP contribution in [0, 0.1) is 5.82 Å². The highest BCUT2D eigenvalue weighted by molar-refractivity contribution is 5.51. The van der Waals surface area contributed by atoms with Gasteiger partial charge in [-0.25, -0.2) is 19.3 Å². The van der Waals surface area contributed by atoms with Crippen LogP contribution >= 0.6 is 0 Å². The van der Waals surface area contributed by atoms with Crippen LogP contribution in [-0.4, -0.2) is 19.5 Å². The van der Waals surface area contributed by atoms with Crippen molar-refractivity contribution in [1.29, 1.82) is 0 Å². The third-order valence-corrected chi connectivity index (χ3v) is 2.15. The molecular weight excluding hydrogens is 209 g/mol. The minimum absolute atomic E-state index is 0.0439. The lowest BCUT2D eigenvalue weighted by Gasteiger charge is -2.06. The van der Waals surface area contributed by atoms with Crippen LogP contribution in [0.15, 0.2) is 18.6 Å². The van der Waals surface area contributed by atoms with Crippen LogP contribution in [0.1, 0.15) is 13.3 Å². The number of imidazole rings is 1. The molecule has 84 valence electrons. The monoisotopic (exact) mass is 221 g/mol. The third kappa shape index (κ3) is 1.86. The molecule has 2 N–H and O–H groups in total. The summed E-state index contributed by atoms with van der Waals surface area (Å²) in [4.78, 5) is 11.5. The lowest BCUT2D eigenvalue weighted by atomic mass is 10.3. The van der Waals surface area contributed by atoms with Gasteiger partial charge in [-0.05, 0) is 6.42 Å². The van der Waals surface area contributed by atoms with Gasteiger partial charge in [0.2, 0.25) is 5.95 Å². The predicted octanol–water partition coefficient (Wildman–Crippen LogP) is 1.47. The fourth-order valence-corrected chi connectivity index (χ4v) is 1.49. The second-order valence-corrected chi connectivity index (χ2v) is 3.37. The second-order valence-electron chi connectivity index (χ2n) is 3.37. The van der Waals surface area contributed by atoms with Gasteiger partial charge in [0, 0.05) is 18.9 Å². The van der Waals surface area contributed by atoms with Gasteiger partial charge in [0.25, 0.3) is 0 Å². The fraction of sp³-hybridized carbons (Fsp3) is 0.300. The number of hydrogen-bond acceptors (Lipinski definition) is 4. The van der Waals surface area contributed by atoms with Crippen molar-refractivity contribution in [1.82, 2.24) is 19.5 Å². The number of nitrogens with zero attached hydrogens (tertiary/aromatic N) is 4. The van der Waals surface area contributed by atoms with Crippen molar-refractivity contribution < 1.29 is 4.39 Å². The number of aryl methyl sites for hydroxylation is 1. The number of rotatable bonds is 3. The van der Waals surface area contributed by atoms with E-state index in [1.807, 2.05) is 11.5 Å². The summed E-state index contributed by atoms with van der Waals surface area (Å²) >= 11 is 0. The Kier molecular flexibility index (Phi) is 2.80. The molecule has 2 aromatic heterocycles. The summed E-state index contributed by atoms with van der Waals surface area (Å²) in [6.45, 7) is 2.80. The smallest absolute Gasteiger partial charge is 0.220 e. The zero-order valence-electron chi connectivity index (χ0n) is 8.89. The molecule has 0 bridgehead atoms. The molecule has 0 amide bonds. The van der Waals surface area contributed by atoms with Gasteiger partial charge in [-0.2, -0.15) is 0 Å². The van der Waals surface area contributed by atoms with Crippen LogP contribution in [0.5, 0.6) is 0 Å². The van der Waals surface area contributed by atoms with E-state index in [9.17, 15) is 4.39 Å². The highest BCUT2D eigenvalue weighted by Crippen LogP contribution is 2.18. The van der Waals surface area contributed by atoms with Crippen LogP contribution in [-0.2, 0) is 6.54 Å². The van der Waals surface area contributed by atoms with Crippen LogP contribution in [0.25, 0.3) is 11.5 Å². The van der Waals surface area contributed by atoms with Crippen molar-refractivity contribution in [2.75, 3.05) is 5.73 Å². The van der Waals surface area contributed by atoms with E-state index in [2.05, 4.69) is 15.0 Å². The molecule has 0 aliphatic heterocycles. The van der Waals surface area contributed by atoms with E-state index in [-0.39, 0.29) is 11.6 Å². The van der Waals surface area contributed by atoms with E-state index in [0.717, 1.165) is 19.2 Å². The van der Waals surface area contributed by atoms with E-state index < -0.39 is 5.82 Å². The highest BCUT2D eigenvalue weighted by atomic mass is 19.1. The van der Waals surface area contributed by atoms with Crippen molar-refractivity contribution in [2.45, 2.75) is 19.9 Å². The SMILES string of the molecule is CCCn1ccnc1-c1nc(N)ncc1F. The quantitative estimate of drug-likeness (QED) is 0.852. The predicted molar refractivity (Wildman–Crippen MR) is 57.9 cm³/mol. The molecule has 5 nitrogen and oxygen atoms in total. The molecule has 16 heavy (non-hydrogen) atoms. The Hall–Kier alpha value is -1.98. The number of anilines is 1. The zero-order valence-corrected chi connectivity index (χ0v) is 8.89. The minimum Gasteiger partial charge on any atom is -0.368 e. The summed E-state index contributed by atoms with van der Waals surface area (Å²) in [5.41, 5.74) is 5.58. The Morgan fingerprint density at radius 1 is 1.44 bits per heavy atom. The molecule has 0 spiro atoms. The molecule has 0 saturated heterocycles. The van der Waals surface area contributed by atoms with Crippen LogP contribution < -0.4 is 5.73 Å². The topological polar surface area (TPSA) is 69.6 Å². The maximum atomic E-state index is 13.5. The van der Waals surface area contributed by atoms with Gasteiger partial charge >= 0.3 is 0 Å². The summed E-state index contributed by atoms with van der Waals surface area (Å²) < 4.78 is 15.4. The molecule has 6 heteroatoms. The molecule has 0 saturated carbocycles. The van der Waals surface area contributed by atoms with Crippen LogP contribution in [0.2, 0.25) is 0 Å². The minimum atomic E-state index is -0.516. The molecule has 0 aromatic carbocycles. The maximum absolute atomic E-state index is 13.5. The Balaban J connectivity index is 2.49. The van der Waals surface area contributed by atoms with Gasteiger partial charge in [0.05, 0.1) is 6.20 Å². The molecule has 2 aromatic rings. The first-order chi connectivity index (χ1) is 7.72. The fourth-order valence-electron chi connectivity index (χ4n) is 1.49. The number of hydrogen-bond donors (Lipinski definition) is 1. The van der Waals surface area contributed by atoms with Crippen LogP contribution in [0.3, 0.4) is 0 Å². The average molecular weight is 221 g/mol. The Morgan fingerprint density at radius 3 is 3.00 bits per heavy atom. The third-order valence-electron chi connectivity index (χ3n) is 2.15. The van der Waals surface area contributed by atoms with Gasteiger partial charge < -0.3 is 10.3 Å². The second kappa shape index (κ2) is 4.26. The zero-order chi connectivity index (χ0) is 11.5. The van der Waals surface area contributed by atoms with E-state index in [0.29, 0.717) is 5.82 Å². The molecule has 0 unspecified atom stereocenters. The number of nitrogen functional groups attached to an aromatic ring is 1. The van der Waals surface area contributed by atoms with Crippen LogP contribution in [0.4, 0.5) is 10.3 Å². The molecule has 0 aliphatic rings. The number of halogens is 1. The van der Waals surface area contributed by atoms with Crippen molar-refractivity contribution >= 4 is 5.95 Å². The first-order valence-electron chi connectivity index (χ1n) is 5.02. The van der Waals surface area contributed by atoms with Crippen molar-refractivity contribution in [3.05, 3.63) is 24.4 Å². The lowest BCUT2D eigenvalue weighted by molar-refractivity contribution is 0.611. The van der Waals surface area contributed by atoms with Gasteiger partial charge in [0.1, 0.15) is 5.69 Å². The largest absolute Gasteiger partial charge is 0.368 e. The van der Waals surface area contributed by atoms with E-state index in [1.165, 1.54) is 0 Å². The van der Waals surface area contributed by atoms with E-state index in [4.69, 9.17) is 5.73 Å². The highest BCUT2D eigenvalue weighted by Gasteiger charge is 2.13. The molecule has 0 radical (unpaired) electrons. The van der Waals surface area contributed by atoms with Gasteiger partial charge in [0.15, 0.2) is 11.6 Å². The molecule has 0 atom stereocenters. The molecular formula is C10H12FN5.